The first-order valence-electron chi connectivity index (χ1n) is 9.77. The van der Waals surface area contributed by atoms with E-state index in [1.807, 2.05) is 53.9 Å². The van der Waals surface area contributed by atoms with E-state index in [9.17, 15) is 4.79 Å². The van der Waals surface area contributed by atoms with Crippen molar-refractivity contribution in [3.8, 4) is 0 Å². The highest BCUT2D eigenvalue weighted by molar-refractivity contribution is 7.09. The molecule has 158 valence electrons. The highest BCUT2D eigenvalue weighted by Gasteiger charge is 2.24. The number of hydrogen-bond donors (Lipinski definition) is 2. The maximum atomic E-state index is 13.1. The minimum Gasteiger partial charge on any atom is -0.383 e. The molecule has 0 aliphatic heterocycles. The summed E-state index contributed by atoms with van der Waals surface area (Å²) in [5, 5.41) is 9.97. The number of nitrogens with one attached hydrogen (secondary N) is 1. The van der Waals surface area contributed by atoms with Crippen LogP contribution in [0.4, 0.5) is 5.82 Å². The van der Waals surface area contributed by atoms with Crippen molar-refractivity contribution in [2.24, 2.45) is 5.10 Å². The first-order chi connectivity index (χ1) is 15.6. The first-order valence-corrected chi connectivity index (χ1v) is 11.0. The molecule has 0 spiro atoms. The number of carbonyl (C=O) groups excluding carboxylic acids is 1. The standard InChI is InChI=1S/C23H17ClN6OS/c24-15-6-3-5-14(11-15)12-27-30-21(25)19(23(31)26-13-16-7-4-10-32-16)20-22(30)29-18-9-2-1-8-17(18)28-20/h1-12H,13,25H2,(H,26,31)/b27-12+. The van der Waals surface area contributed by atoms with E-state index in [1.165, 1.54) is 4.68 Å². The zero-order valence-electron chi connectivity index (χ0n) is 16.7. The van der Waals surface area contributed by atoms with Crippen LogP contribution in [0.2, 0.25) is 5.02 Å². The number of halogens is 1. The molecule has 3 N–H and O–H groups in total. The SMILES string of the molecule is Nc1c(C(=O)NCc2cccs2)c2nc3ccccc3nc2n1/N=C/c1cccc(Cl)c1. The topological polar surface area (TPSA) is 98.2 Å². The van der Waals surface area contributed by atoms with Gasteiger partial charge < -0.3 is 11.1 Å². The van der Waals surface area contributed by atoms with Gasteiger partial charge in [0.15, 0.2) is 5.65 Å². The number of nitrogens with two attached hydrogens (primary N) is 1. The lowest BCUT2D eigenvalue weighted by Crippen LogP contribution is -2.23. The van der Waals surface area contributed by atoms with Crippen LogP contribution in [0.3, 0.4) is 0 Å². The van der Waals surface area contributed by atoms with E-state index in [0.717, 1.165) is 10.4 Å². The molecule has 3 aromatic heterocycles. The summed E-state index contributed by atoms with van der Waals surface area (Å²) in [7, 11) is 0. The molecule has 1 amide bonds. The summed E-state index contributed by atoms with van der Waals surface area (Å²) in [5.74, 6) is -0.167. The van der Waals surface area contributed by atoms with Crippen LogP contribution in [0, 0.1) is 0 Å². The summed E-state index contributed by atoms with van der Waals surface area (Å²) < 4.78 is 1.44. The number of aromatic nitrogens is 3. The summed E-state index contributed by atoms with van der Waals surface area (Å²) in [6.07, 6.45) is 1.62. The number of rotatable bonds is 5. The van der Waals surface area contributed by atoms with Gasteiger partial charge in [0.1, 0.15) is 16.9 Å². The second-order valence-corrected chi connectivity index (χ2v) is 8.49. The van der Waals surface area contributed by atoms with E-state index in [4.69, 9.17) is 17.3 Å². The minimum absolute atomic E-state index is 0.164. The molecule has 0 unspecified atom stereocenters. The number of hydrogen-bond acceptors (Lipinski definition) is 6. The fraction of sp³-hybridized carbons (Fsp3) is 0.0435. The van der Waals surface area contributed by atoms with Crippen molar-refractivity contribution in [2.75, 3.05) is 5.73 Å². The fourth-order valence-electron chi connectivity index (χ4n) is 3.37. The van der Waals surface area contributed by atoms with Gasteiger partial charge in [0.2, 0.25) is 0 Å². The Morgan fingerprint density at radius 1 is 1.12 bits per heavy atom. The molecular formula is C23H17ClN6OS. The van der Waals surface area contributed by atoms with E-state index >= 15 is 0 Å². The molecule has 2 aromatic carbocycles. The lowest BCUT2D eigenvalue weighted by molar-refractivity contribution is 0.0953. The van der Waals surface area contributed by atoms with Gasteiger partial charge in [-0.1, -0.05) is 41.9 Å². The Balaban J connectivity index is 1.62. The van der Waals surface area contributed by atoms with Crippen LogP contribution in [-0.4, -0.2) is 26.8 Å². The second-order valence-electron chi connectivity index (χ2n) is 7.02. The number of nitrogens with zero attached hydrogens (tertiary/aromatic N) is 4. The molecule has 0 atom stereocenters. The van der Waals surface area contributed by atoms with Gasteiger partial charge in [-0.05, 0) is 41.3 Å². The molecule has 0 aliphatic rings. The quantitative estimate of drug-likeness (QED) is 0.371. The van der Waals surface area contributed by atoms with Gasteiger partial charge in [-0.25, -0.2) is 9.97 Å². The molecule has 3 heterocycles. The van der Waals surface area contributed by atoms with Crippen LogP contribution >= 0.6 is 22.9 Å². The number of thiophene rings is 1. The zero-order valence-corrected chi connectivity index (χ0v) is 18.3. The van der Waals surface area contributed by atoms with Crippen LogP contribution < -0.4 is 11.1 Å². The molecule has 0 radical (unpaired) electrons. The van der Waals surface area contributed by atoms with E-state index in [1.54, 1.807) is 29.7 Å². The summed E-state index contributed by atoms with van der Waals surface area (Å²) in [6.45, 7) is 0.398. The van der Waals surface area contributed by atoms with Gasteiger partial charge in [-0.2, -0.15) is 9.78 Å². The molecule has 0 aliphatic carbocycles. The maximum absolute atomic E-state index is 13.1. The normalized spacial score (nSPS) is 11.5. The molecule has 0 fully saturated rings. The highest BCUT2D eigenvalue weighted by Crippen LogP contribution is 2.28. The van der Waals surface area contributed by atoms with E-state index in [-0.39, 0.29) is 17.3 Å². The van der Waals surface area contributed by atoms with E-state index in [2.05, 4.69) is 20.4 Å². The van der Waals surface area contributed by atoms with Crippen molar-refractivity contribution in [3.05, 3.63) is 87.1 Å². The van der Waals surface area contributed by atoms with E-state index in [0.29, 0.717) is 33.8 Å². The third kappa shape index (κ3) is 3.81. The third-order valence-electron chi connectivity index (χ3n) is 4.88. The Morgan fingerprint density at radius 2 is 1.94 bits per heavy atom. The Bertz CT molecular complexity index is 1480. The van der Waals surface area contributed by atoms with Crippen LogP contribution in [-0.2, 0) is 6.54 Å². The predicted molar refractivity (Wildman–Crippen MR) is 129 cm³/mol. The van der Waals surface area contributed by atoms with E-state index < -0.39 is 0 Å². The minimum atomic E-state index is -0.331. The smallest absolute Gasteiger partial charge is 0.257 e. The molecule has 0 saturated heterocycles. The molecule has 5 aromatic rings. The van der Waals surface area contributed by atoms with Gasteiger partial charge in [-0.15, -0.1) is 11.3 Å². The number of amides is 1. The molecule has 32 heavy (non-hydrogen) atoms. The average molecular weight is 461 g/mol. The number of carbonyl (C=O) groups is 1. The molecule has 5 rings (SSSR count). The number of fused-ring (bicyclic) bond motifs is 2. The van der Waals surface area contributed by atoms with Gasteiger partial charge in [0, 0.05) is 9.90 Å². The van der Waals surface area contributed by atoms with Crippen molar-refractivity contribution in [1.29, 1.82) is 0 Å². The van der Waals surface area contributed by atoms with Crippen LogP contribution in [0.25, 0.3) is 22.2 Å². The van der Waals surface area contributed by atoms with Gasteiger partial charge >= 0.3 is 0 Å². The summed E-state index contributed by atoms with van der Waals surface area (Å²) in [6, 6.07) is 18.6. The summed E-state index contributed by atoms with van der Waals surface area (Å²) >= 11 is 7.64. The monoisotopic (exact) mass is 460 g/mol. The molecule has 0 bridgehead atoms. The van der Waals surface area contributed by atoms with Crippen molar-refractivity contribution in [1.82, 2.24) is 20.0 Å². The maximum Gasteiger partial charge on any atom is 0.257 e. The number of para-hydroxylation sites is 2. The Morgan fingerprint density at radius 3 is 2.69 bits per heavy atom. The molecular weight excluding hydrogens is 444 g/mol. The van der Waals surface area contributed by atoms with Gasteiger partial charge in [-0.3, -0.25) is 4.79 Å². The summed E-state index contributed by atoms with van der Waals surface area (Å²) in [5.41, 5.74) is 9.60. The molecule has 0 saturated carbocycles. The summed E-state index contributed by atoms with van der Waals surface area (Å²) in [4.78, 5) is 23.5. The third-order valence-corrected chi connectivity index (χ3v) is 5.99. The largest absolute Gasteiger partial charge is 0.383 e. The van der Waals surface area contributed by atoms with Crippen molar-refractivity contribution >= 4 is 63.1 Å². The van der Waals surface area contributed by atoms with Crippen LogP contribution in [0.15, 0.2) is 71.1 Å². The molecule has 7 nitrogen and oxygen atoms in total. The fourth-order valence-corrected chi connectivity index (χ4v) is 4.21. The Hall–Kier alpha value is -3.75. The first kappa shape index (κ1) is 20.2. The van der Waals surface area contributed by atoms with Crippen LogP contribution in [0.1, 0.15) is 20.8 Å². The Kier molecular flexibility index (Phi) is 5.30. The van der Waals surface area contributed by atoms with Crippen molar-refractivity contribution in [2.45, 2.75) is 6.54 Å². The van der Waals surface area contributed by atoms with Gasteiger partial charge in [0.05, 0.1) is 23.8 Å². The van der Waals surface area contributed by atoms with Crippen molar-refractivity contribution < 1.29 is 4.79 Å². The van der Waals surface area contributed by atoms with Crippen LogP contribution in [0.5, 0.6) is 0 Å². The lowest BCUT2D eigenvalue weighted by atomic mass is 10.2. The highest BCUT2D eigenvalue weighted by atomic mass is 35.5. The zero-order chi connectivity index (χ0) is 22.1. The predicted octanol–water partition coefficient (Wildman–Crippen LogP) is 4.69. The Labute approximate surface area is 192 Å². The second kappa shape index (κ2) is 8.41. The lowest BCUT2D eigenvalue weighted by Gasteiger charge is -2.04. The number of anilines is 1. The average Bonchev–Trinajstić information content (AvgIpc) is 3.40. The number of benzene rings is 2. The van der Waals surface area contributed by atoms with Crippen molar-refractivity contribution in [3.63, 3.8) is 0 Å². The molecule has 9 heteroatoms. The van der Waals surface area contributed by atoms with Gasteiger partial charge in [0.25, 0.3) is 5.91 Å². The number of nitrogen functional groups attached to an aromatic ring is 1.